The van der Waals surface area contributed by atoms with E-state index >= 15 is 0 Å². The molecular formula is C32H45N. The largest absolute Gasteiger partial charge is 0.378 e. The van der Waals surface area contributed by atoms with Gasteiger partial charge in [-0.05, 0) is 93.2 Å². The van der Waals surface area contributed by atoms with Crippen molar-refractivity contribution in [2.45, 2.75) is 85.5 Å². The number of hydrogen-bond acceptors (Lipinski definition) is 1. The van der Waals surface area contributed by atoms with Gasteiger partial charge in [-0.25, -0.2) is 0 Å². The van der Waals surface area contributed by atoms with Crippen LogP contribution in [-0.4, -0.2) is 14.1 Å². The molecule has 33 heavy (non-hydrogen) atoms. The third-order valence-corrected chi connectivity index (χ3v) is 9.53. The molecule has 0 amide bonds. The maximum atomic E-state index is 3.71. The van der Waals surface area contributed by atoms with Gasteiger partial charge in [0, 0.05) is 31.1 Å². The molecule has 1 aromatic rings. The molecule has 0 N–H and O–H groups in total. The zero-order valence-corrected chi connectivity index (χ0v) is 22.2. The minimum absolute atomic E-state index is 0.130. The zero-order valence-electron chi connectivity index (χ0n) is 22.2. The molecule has 0 spiro atoms. The standard InChI is InChI=1S/C32H45N/c1-8-10-23(3)20-24-11-16-27-28(21-24)29(25-12-14-26(15-13-25)33(6)7)22-32(5)30(27)17-19-31(32,4)18-9-2/h12-15,20-21,23,27,29-30H,8,10-11,16-17,19,22H2,1-7H3/b24-20-. The summed E-state index contributed by atoms with van der Waals surface area (Å²) in [7, 11) is 4.26. The third-order valence-electron chi connectivity index (χ3n) is 9.53. The molecule has 0 aliphatic heterocycles. The maximum Gasteiger partial charge on any atom is 0.0361 e. The fourth-order valence-corrected chi connectivity index (χ4v) is 7.53. The monoisotopic (exact) mass is 443 g/mol. The van der Waals surface area contributed by atoms with Crippen LogP contribution >= 0.6 is 0 Å². The average Bonchev–Trinajstić information content (AvgIpc) is 3.04. The first-order valence-corrected chi connectivity index (χ1v) is 13.4. The fraction of sp³-hybridized carbons (Fsp3) is 0.625. The van der Waals surface area contributed by atoms with Crippen molar-refractivity contribution >= 4 is 5.69 Å². The van der Waals surface area contributed by atoms with Crippen molar-refractivity contribution in [2.24, 2.45) is 28.6 Å². The van der Waals surface area contributed by atoms with E-state index in [1.54, 1.807) is 11.1 Å². The Balaban J connectivity index is 1.78. The molecule has 1 aromatic carbocycles. The number of benzene rings is 1. The van der Waals surface area contributed by atoms with Gasteiger partial charge in [-0.2, -0.15) is 0 Å². The molecule has 4 rings (SSSR count). The first kappa shape index (κ1) is 24.2. The van der Waals surface area contributed by atoms with Crippen LogP contribution < -0.4 is 4.90 Å². The number of allylic oxidation sites excluding steroid dienone is 4. The molecule has 178 valence electrons. The molecule has 1 nitrogen and oxygen atoms in total. The van der Waals surface area contributed by atoms with Gasteiger partial charge in [0.25, 0.3) is 0 Å². The molecule has 0 aromatic heterocycles. The van der Waals surface area contributed by atoms with Gasteiger partial charge in [0.1, 0.15) is 0 Å². The zero-order chi connectivity index (χ0) is 23.8. The quantitative estimate of drug-likeness (QED) is 0.413. The van der Waals surface area contributed by atoms with Crippen molar-refractivity contribution in [2.75, 3.05) is 19.0 Å². The van der Waals surface area contributed by atoms with Gasteiger partial charge in [-0.1, -0.05) is 68.5 Å². The number of rotatable bonds is 5. The summed E-state index contributed by atoms with van der Waals surface area (Å²) < 4.78 is 0. The minimum atomic E-state index is 0.130. The molecule has 6 unspecified atom stereocenters. The van der Waals surface area contributed by atoms with E-state index in [9.17, 15) is 0 Å². The van der Waals surface area contributed by atoms with Crippen LogP contribution in [0.15, 0.2) is 47.6 Å². The van der Waals surface area contributed by atoms with Crippen LogP contribution in [0.5, 0.6) is 0 Å². The third kappa shape index (κ3) is 4.32. The molecule has 2 fully saturated rings. The van der Waals surface area contributed by atoms with E-state index in [1.165, 1.54) is 56.2 Å². The van der Waals surface area contributed by atoms with Crippen LogP contribution in [0.3, 0.4) is 0 Å². The lowest BCUT2D eigenvalue weighted by Crippen LogP contribution is -2.45. The summed E-state index contributed by atoms with van der Waals surface area (Å²) in [4.78, 5) is 2.20. The number of nitrogens with zero attached hydrogens (tertiary/aromatic N) is 1. The molecule has 2 saturated carbocycles. The van der Waals surface area contributed by atoms with Crippen molar-refractivity contribution in [3.63, 3.8) is 0 Å². The molecule has 6 atom stereocenters. The highest BCUT2D eigenvalue weighted by Crippen LogP contribution is 2.68. The first-order valence-electron chi connectivity index (χ1n) is 13.4. The van der Waals surface area contributed by atoms with Crippen LogP contribution in [0, 0.1) is 40.4 Å². The van der Waals surface area contributed by atoms with E-state index in [2.05, 4.69) is 94.9 Å². The lowest BCUT2D eigenvalue weighted by atomic mass is 9.50. The van der Waals surface area contributed by atoms with Gasteiger partial charge in [0.15, 0.2) is 0 Å². The highest BCUT2D eigenvalue weighted by molar-refractivity contribution is 5.49. The molecular weight excluding hydrogens is 398 g/mol. The second-order valence-corrected chi connectivity index (χ2v) is 11.8. The molecule has 3 aliphatic carbocycles. The second kappa shape index (κ2) is 9.37. The van der Waals surface area contributed by atoms with Crippen LogP contribution in [0.1, 0.15) is 91.0 Å². The number of anilines is 1. The summed E-state index contributed by atoms with van der Waals surface area (Å²) in [6.07, 6.45) is 14.2. The summed E-state index contributed by atoms with van der Waals surface area (Å²) >= 11 is 0. The van der Waals surface area contributed by atoms with E-state index in [0.717, 1.165) is 5.92 Å². The average molecular weight is 444 g/mol. The smallest absolute Gasteiger partial charge is 0.0361 e. The van der Waals surface area contributed by atoms with E-state index < -0.39 is 0 Å². The van der Waals surface area contributed by atoms with Gasteiger partial charge < -0.3 is 4.90 Å². The Morgan fingerprint density at radius 1 is 1.15 bits per heavy atom. The second-order valence-electron chi connectivity index (χ2n) is 11.8. The molecule has 0 radical (unpaired) electrons. The van der Waals surface area contributed by atoms with Gasteiger partial charge in [-0.15, -0.1) is 5.92 Å². The summed E-state index contributed by atoms with van der Waals surface area (Å²) in [5, 5.41) is 0. The molecule has 0 saturated heterocycles. The topological polar surface area (TPSA) is 3.24 Å². The lowest BCUT2D eigenvalue weighted by molar-refractivity contribution is 0.0411. The lowest BCUT2D eigenvalue weighted by Gasteiger charge is -2.53. The normalized spacial score (nSPS) is 35.2. The van der Waals surface area contributed by atoms with Crippen molar-refractivity contribution < 1.29 is 0 Å². The van der Waals surface area contributed by atoms with Gasteiger partial charge in [0.05, 0.1) is 0 Å². The van der Waals surface area contributed by atoms with Crippen molar-refractivity contribution in [1.29, 1.82) is 0 Å². The first-order chi connectivity index (χ1) is 15.7. The van der Waals surface area contributed by atoms with Crippen LogP contribution in [0.25, 0.3) is 0 Å². The van der Waals surface area contributed by atoms with Crippen LogP contribution in [0.2, 0.25) is 0 Å². The summed E-state index contributed by atoms with van der Waals surface area (Å²) in [6, 6.07) is 9.41. The Hall–Kier alpha value is -1.94. The van der Waals surface area contributed by atoms with Gasteiger partial charge in [-0.3, -0.25) is 0 Å². The Morgan fingerprint density at radius 2 is 1.88 bits per heavy atom. The summed E-state index contributed by atoms with van der Waals surface area (Å²) in [5.41, 5.74) is 6.51. The van der Waals surface area contributed by atoms with Crippen molar-refractivity contribution in [3.8, 4) is 11.8 Å². The van der Waals surface area contributed by atoms with E-state index in [-0.39, 0.29) is 10.8 Å². The Bertz CT molecular complexity index is 968. The van der Waals surface area contributed by atoms with Crippen molar-refractivity contribution in [3.05, 3.63) is 53.1 Å². The van der Waals surface area contributed by atoms with Crippen molar-refractivity contribution in [1.82, 2.24) is 0 Å². The Kier molecular flexibility index (Phi) is 6.87. The highest BCUT2D eigenvalue weighted by atomic mass is 15.1. The number of hydrogen-bond donors (Lipinski definition) is 0. The molecule has 1 heteroatoms. The van der Waals surface area contributed by atoms with Gasteiger partial charge >= 0.3 is 0 Å². The SMILES string of the molecule is CC#CC1(C)CCC2C3CC/C(=C/C(C)CCC)C=C3C(c3ccc(N(C)C)cc3)CC21C. The van der Waals surface area contributed by atoms with Crippen LogP contribution in [0.4, 0.5) is 5.69 Å². The summed E-state index contributed by atoms with van der Waals surface area (Å²) in [5.74, 6) is 9.69. The molecule has 0 bridgehead atoms. The number of fused-ring (bicyclic) bond motifs is 3. The Morgan fingerprint density at radius 3 is 2.52 bits per heavy atom. The van der Waals surface area contributed by atoms with E-state index in [0.29, 0.717) is 17.8 Å². The van der Waals surface area contributed by atoms with Gasteiger partial charge in [0.2, 0.25) is 0 Å². The predicted molar refractivity (Wildman–Crippen MR) is 143 cm³/mol. The Labute approximate surface area is 203 Å². The molecule has 0 heterocycles. The predicted octanol–water partition coefficient (Wildman–Crippen LogP) is 8.38. The minimum Gasteiger partial charge on any atom is -0.378 e. The fourth-order valence-electron chi connectivity index (χ4n) is 7.53. The van der Waals surface area contributed by atoms with E-state index in [1.807, 2.05) is 6.92 Å². The molecule has 3 aliphatic rings. The van der Waals surface area contributed by atoms with E-state index in [4.69, 9.17) is 0 Å². The van der Waals surface area contributed by atoms with Crippen LogP contribution in [-0.2, 0) is 0 Å². The maximum absolute atomic E-state index is 3.71. The highest BCUT2D eigenvalue weighted by Gasteiger charge is 2.60. The summed E-state index contributed by atoms with van der Waals surface area (Å²) in [6.45, 7) is 11.8.